The van der Waals surface area contributed by atoms with Gasteiger partial charge in [0.1, 0.15) is 0 Å². The minimum absolute atomic E-state index is 0.430. The Bertz CT molecular complexity index is 219. The molecule has 1 nitrogen and oxygen atoms in total. The van der Waals surface area contributed by atoms with Crippen LogP contribution in [0.2, 0.25) is 0 Å². The van der Waals surface area contributed by atoms with E-state index in [-0.39, 0.29) is 0 Å². The molecule has 0 bridgehead atoms. The van der Waals surface area contributed by atoms with Gasteiger partial charge < -0.3 is 0 Å². The van der Waals surface area contributed by atoms with Crippen LogP contribution in [0.25, 0.3) is 0 Å². The summed E-state index contributed by atoms with van der Waals surface area (Å²) in [6, 6.07) is 0. The third-order valence-electron chi connectivity index (χ3n) is 1.87. The Hall–Kier alpha value is -0.850. The second-order valence-electron chi connectivity index (χ2n) is 3.84. The fourth-order valence-electron chi connectivity index (χ4n) is 0.825. The van der Waals surface area contributed by atoms with E-state index in [0.29, 0.717) is 11.8 Å². The molecule has 0 aromatic heterocycles. The van der Waals surface area contributed by atoms with E-state index in [1.165, 1.54) is 0 Å². The van der Waals surface area contributed by atoms with Gasteiger partial charge in [-0.15, -0.1) is 0 Å². The Labute approximate surface area is 82.3 Å². The van der Waals surface area contributed by atoms with Gasteiger partial charge in [0, 0.05) is 11.4 Å². The Morgan fingerprint density at radius 2 is 1.69 bits per heavy atom. The molecule has 0 amide bonds. The summed E-state index contributed by atoms with van der Waals surface area (Å²) in [5.74, 6) is 0.894. The maximum atomic E-state index is 4.50. The minimum Gasteiger partial charge on any atom is -0.258 e. The van der Waals surface area contributed by atoms with Crippen LogP contribution >= 0.6 is 0 Å². The number of hydrogen-bond donors (Lipinski definition) is 0. The highest BCUT2D eigenvalue weighted by atomic mass is 14.8. The first-order chi connectivity index (χ1) is 5.99. The van der Waals surface area contributed by atoms with Crippen LogP contribution in [0.4, 0.5) is 0 Å². The molecule has 0 aromatic rings. The smallest absolute Gasteiger partial charge is 0.0428 e. The first-order valence-electron chi connectivity index (χ1n) is 4.89. The van der Waals surface area contributed by atoms with Crippen LogP contribution in [-0.2, 0) is 0 Å². The largest absolute Gasteiger partial charge is 0.258 e. The van der Waals surface area contributed by atoms with Crippen LogP contribution in [0, 0.1) is 11.8 Å². The molecule has 0 N–H and O–H groups in total. The van der Waals surface area contributed by atoms with E-state index >= 15 is 0 Å². The van der Waals surface area contributed by atoms with Gasteiger partial charge in [0.05, 0.1) is 0 Å². The lowest BCUT2D eigenvalue weighted by molar-refractivity contribution is 0.756. The van der Waals surface area contributed by atoms with E-state index in [2.05, 4.69) is 45.3 Å². The summed E-state index contributed by atoms with van der Waals surface area (Å²) in [6.45, 7) is 14.5. The molecule has 0 saturated carbocycles. The first-order valence-corrected chi connectivity index (χ1v) is 4.89. The van der Waals surface area contributed by atoms with Gasteiger partial charge in [-0.2, -0.15) is 0 Å². The molecule has 0 unspecified atom stereocenters. The lowest BCUT2D eigenvalue weighted by Crippen LogP contribution is -2.05. The third kappa shape index (κ3) is 4.66. The van der Waals surface area contributed by atoms with E-state index in [1.54, 1.807) is 0 Å². The van der Waals surface area contributed by atoms with Gasteiger partial charge in [0.2, 0.25) is 0 Å². The molecule has 0 radical (unpaired) electrons. The number of aliphatic imine (C=N–C) groups is 1. The zero-order chi connectivity index (χ0) is 10.4. The molecule has 0 atom stereocenters. The van der Waals surface area contributed by atoms with Gasteiger partial charge in [0.25, 0.3) is 0 Å². The van der Waals surface area contributed by atoms with Gasteiger partial charge in [-0.3, -0.25) is 4.99 Å². The minimum atomic E-state index is 0.430. The summed E-state index contributed by atoms with van der Waals surface area (Å²) in [7, 11) is 0. The normalized spacial score (nSPS) is 13.3. The van der Waals surface area contributed by atoms with Crippen molar-refractivity contribution >= 4 is 5.71 Å². The molecule has 0 aromatic carbocycles. The molecule has 0 aliphatic carbocycles. The van der Waals surface area contributed by atoms with E-state index in [1.807, 2.05) is 13.0 Å². The highest BCUT2D eigenvalue weighted by Gasteiger charge is 2.03. The van der Waals surface area contributed by atoms with Crippen LogP contribution in [0.5, 0.6) is 0 Å². The Morgan fingerprint density at radius 3 is 2.00 bits per heavy atom. The Balaban J connectivity index is 4.63. The van der Waals surface area contributed by atoms with Gasteiger partial charge >= 0.3 is 0 Å². The standard InChI is InChI=1S/C12H21N/c1-7-8-12(10(4)5)13-11(6)9(2)3/h7-10H,6H2,1-5H3/b8-7-,13-12+. The number of rotatable bonds is 4. The summed E-state index contributed by atoms with van der Waals surface area (Å²) < 4.78 is 0. The molecule has 0 aliphatic rings. The second kappa shape index (κ2) is 5.74. The van der Waals surface area contributed by atoms with Crippen LogP contribution in [0.1, 0.15) is 34.6 Å². The second-order valence-corrected chi connectivity index (χ2v) is 3.84. The fraction of sp³-hybridized carbons (Fsp3) is 0.583. The maximum Gasteiger partial charge on any atom is 0.0428 e. The number of nitrogens with zero attached hydrogens (tertiary/aromatic N) is 1. The van der Waals surface area contributed by atoms with Crippen molar-refractivity contribution in [3.63, 3.8) is 0 Å². The SMILES string of the molecule is C=C(/N=C(\C=C/C)C(C)C)C(C)C. The number of hydrogen-bond acceptors (Lipinski definition) is 1. The average Bonchev–Trinajstić information content (AvgIpc) is 2.03. The average molecular weight is 179 g/mol. The Morgan fingerprint density at radius 1 is 1.15 bits per heavy atom. The van der Waals surface area contributed by atoms with Crippen LogP contribution in [0.15, 0.2) is 29.4 Å². The van der Waals surface area contributed by atoms with Gasteiger partial charge in [-0.05, 0) is 24.8 Å². The zero-order valence-corrected chi connectivity index (χ0v) is 9.46. The molecule has 13 heavy (non-hydrogen) atoms. The van der Waals surface area contributed by atoms with E-state index in [0.717, 1.165) is 11.4 Å². The molecule has 0 aliphatic heterocycles. The molecular weight excluding hydrogens is 158 g/mol. The molecule has 74 valence electrons. The topological polar surface area (TPSA) is 12.4 Å². The van der Waals surface area contributed by atoms with Crippen molar-refractivity contribution in [2.45, 2.75) is 34.6 Å². The van der Waals surface area contributed by atoms with E-state index in [9.17, 15) is 0 Å². The zero-order valence-electron chi connectivity index (χ0n) is 9.46. The number of allylic oxidation sites excluding steroid dienone is 3. The monoisotopic (exact) mass is 179 g/mol. The quantitative estimate of drug-likeness (QED) is 0.582. The van der Waals surface area contributed by atoms with E-state index < -0.39 is 0 Å². The van der Waals surface area contributed by atoms with E-state index in [4.69, 9.17) is 0 Å². The predicted molar refractivity (Wildman–Crippen MR) is 61.1 cm³/mol. The molecule has 0 spiro atoms. The lowest BCUT2D eigenvalue weighted by Gasteiger charge is -2.09. The van der Waals surface area contributed by atoms with Crippen molar-refractivity contribution in [3.8, 4) is 0 Å². The van der Waals surface area contributed by atoms with Crippen LogP contribution in [0.3, 0.4) is 0 Å². The van der Waals surface area contributed by atoms with Crippen LogP contribution in [-0.4, -0.2) is 5.71 Å². The lowest BCUT2D eigenvalue weighted by atomic mass is 10.1. The van der Waals surface area contributed by atoms with Crippen molar-refractivity contribution in [1.82, 2.24) is 0 Å². The van der Waals surface area contributed by atoms with Crippen LogP contribution < -0.4 is 0 Å². The van der Waals surface area contributed by atoms with Crippen molar-refractivity contribution in [1.29, 1.82) is 0 Å². The molecule has 0 rings (SSSR count). The molecule has 0 fully saturated rings. The molecule has 0 saturated heterocycles. The maximum absolute atomic E-state index is 4.50. The predicted octanol–water partition coefficient (Wildman–Crippen LogP) is 3.83. The van der Waals surface area contributed by atoms with Gasteiger partial charge in [-0.1, -0.05) is 40.3 Å². The first kappa shape index (κ1) is 12.2. The fourth-order valence-corrected chi connectivity index (χ4v) is 0.825. The van der Waals surface area contributed by atoms with Gasteiger partial charge in [0.15, 0.2) is 0 Å². The molecular formula is C12H21N. The molecule has 1 heteroatoms. The van der Waals surface area contributed by atoms with Crippen molar-refractivity contribution in [2.24, 2.45) is 16.8 Å². The highest BCUT2D eigenvalue weighted by molar-refractivity contribution is 5.96. The summed E-state index contributed by atoms with van der Waals surface area (Å²) in [5.41, 5.74) is 2.07. The third-order valence-corrected chi connectivity index (χ3v) is 1.87. The van der Waals surface area contributed by atoms with Crippen molar-refractivity contribution in [2.75, 3.05) is 0 Å². The Kier molecular flexibility index (Phi) is 5.36. The molecule has 0 heterocycles. The van der Waals surface area contributed by atoms with Crippen molar-refractivity contribution < 1.29 is 0 Å². The summed E-state index contributed by atoms with van der Waals surface area (Å²) in [4.78, 5) is 4.50. The summed E-state index contributed by atoms with van der Waals surface area (Å²) in [5, 5.41) is 0. The summed E-state index contributed by atoms with van der Waals surface area (Å²) >= 11 is 0. The summed E-state index contributed by atoms with van der Waals surface area (Å²) in [6.07, 6.45) is 4.07. The van der Waals surface area contributed by atoms with Gasteiger partial charge in [-0.25, -0.2) is 0 Å². The van der Waals surface area contributed by atoms with Crippen molar-refractivity contribution in [3.05, 3.63) is 24.4 Å². The highest BCUT2D eigenvalue weighted by Crippen LogP contribution is 2.11.